The third-order valence-corrected chi connectivity index (χ3v) is 3.49. The molecule has 0 aromatic rings. The van der Waals surface area contributed by atoms with E-state index in [1.807, 2.05) is 0 Å². The second-order valence-corrected chi connectivity index (χ2v) is 4.70. The summed E-state index contributed by atoms with van der Waals surface area (Å²) in [4.78, 5) is 5.17. The van der Waals surface area contributed by atoms with Gasteiger partial charge in [-0.1, -0.05) is 0 Å². The molecular formula is C11H23N3. The molecular weight excluding hydrogens is 174 g/mol. The number of likely N-dealkylation sites (tertiary alicyclic amines) is 1. The number of hydrogen-bond acceptors (Lipinski definition) is 3. The first-order chi connectivity index (χ1) is 6.86. The molecule has 1 atom stereocenters. The summed E-state index contributed by atoms with van der Waals surface area (Å²) in [6.45, 7) is 7.51. The van der Waals surface area contributed by atoms with Crippen LogP contribution in [0, 0.1) is 0 Å². The van der Waals surface area contributed by atoms with E-state index in [9.17, 15) is 0 Å². The molecule has 3 heteroatoms. The van der Waals surface area contributed by atoms with Crippen molar-refractivity contribution < 1.29 is 0 Å². The fourth-order valence-corrected chi connectivity index (χ4v) is 2.67. The Hall–Kier alpha value is -0.120. The average Bonchev–Trinajstić information content (AvgIpc) is 2.45. The maximum absolute atomic E-state index is 3.47. The minimum absolute atomic E-state index is 0.827. The van der Waals surface area contributed by atoms with E-state index in [1.54, 1.807) is 0 Å². The van der Waals surface area contributed by atoms with Crippen LogP contribution in [0.3, 0.4) is 0 Å². The molecule has 0 spiro atoms. The van der Waals surface area contributed by atoms with Crippen molar-refractivity contribution in [3.05, 3.63) is 0 Å². The predicted molar refractivity (Wildman–Crippen MR) is 59.6 cm³/mol. The van der Waals surface area contributed by atoms with Crippen LogP contribution in [0.2, 0.25) is 0 Å². The zero-order chi connectivity index (χ0) is 9.80. The van der Waals surface area contributed by atoms with Gasteiger partial charge in [0.1, 0.15) is 0 Å². The van der Waals surface area contributed by atoms with E-state index < -0.39 is 0 Å². The molecule has 2 aliphatic rings. The zero-order valence-corrected chi connectivity index (χ0v) is 9.34. The average molecular weight is 197 g/mol. The van der Waals surface area contributed by atoms with Crippen LogP contribution < -0.4 is 5.32 Å². The number of rotatable bonds is 1. The molecule has 1 unspecified atom stereocenters. The van der Waals surface area contributed by atoms with E-state index in [2.05, 4.69) is 22.2 Å². The fourth-order valence-electron chi connectivity index (χ4n) is 2.67. The maximum Gasteiger partial charge on any atom is 0.0224 e. The van der Waals surface area contributed by atoms with Crippen LogP contribution in [0.15, 0.2) is 0 Å². The predicted octanol–water partition coefficient (Wildman–Crippen LogP) is 0.376. The smallest absolute Gasteiger partial charge is 0.0224 e. The lowest BCUT2D eigenvalue weighted by Gasteiger charge is -2.37. The maximum atomic E-state index is 3.47. The summed E-state index contributed by atoms with van der Waals surface area (Å²) >= 11 is 0. The van der Waals surface area contributed by atoms with Gasteiger partial charge >= 0.3 is 0 Å². The molecule has 1 N–H and O–H groups in total. The van der Waals surface area contributed by atoms with Crippen molar-refractivity contribution >= 4 is 0 Å². The number of likely N-dealkylation sites (N-methyl/N-ethyl adjacent to an activating group) is 1. The Morgan fingerprint density at radius 1 is 1.07 bits per heavy atom. The first kappa shape index (κ1) is 10.4. The first-order valence-electron chi connectivity index (χ1n) is 5.99. The van der Waals surface area contributed by atoms with Crippen LogP contribution in [-0.4, -0.2) is 62.2 Å². The van der Waals surface area contributed by atoms with Crippen LogP contribution in [0.5, 0.6) is 0 Å². The van der Waals surface area contributed by atoms with Crippen molar-refractivity contribution in [1.82, 2.24) is 15.1 Å². The molecule has 0 saturated carbocycles. The van der Waals surface area contributed by atoms with E-state index >= 15 is 0 Å². The molecule has 2 saturated heterocycles. The standard InChI is InChI=1S/C11H23N3/c1-13-7-2-4-11(10-13)14-8-3-5-12-6-9-14/h11-12H,2-10H2,1H3. The monoisotopic (exact) mass is 197 g/mol. The van der Waals surface area contributed by atoms with Crippen LogP contribution in [0.25, 0.3) is 0 Å². The highest BCUT2D eigenvalue weighted by Gasteiger charge is 2.23. The van der Waals surface area contributed by atoms with Crippen molar-refractivity contribution in [1.29, 1.82) is 0 Å². The molecule has 0 aromatic heterocycles. The van der Waals surface area contributed by atoms with Crippen molar-refractivity contribution in [2.24, 2.45) is 0 Å². The quantitative estimate of drug-likeness (QED) is 0.655. The highest BCUT2D eigenvalue weighted by Crippen LogP contribution is 2.15. The van der Waals surface area contributed by atoms with Gasteiger partial charge in [-0.15, -0.1) is 0 Å². The Bertz CT molecular complexity index is 164. The second-order valence-electron chi connectivity index (χ2n) is 4.70. The summed E-state index contributed by atoms with van der Waals surface area (Å²) in [7, 11) is 2.25. The molecule has 2 heterocycles. The summed E-state index contributed by atoms with van der Waals surface area (Å²) in [6, 6.07) is 0.827. The summed E-state index contributed by atoms with van der Waals surface area (Å²) in [5, 5.41) is 3.47. The van der Waals surface area contributed by atoms with E-state index in [0.717, 1.165) is 6.04 Å². The Labute approximate surface area is 87.4 Å². The Morgan fingerprint density at radius 2 is 2.00 bits per heavy atom. The van der Waals surface area contributed by atoms with Gasteiger partial charge in [-0.05, 0) is 45.9 Å². The fraction of sp³-hybridized carbons (Fsp3) is 1.00. The molecule has 0 amide bonds. The SMILES string of the molecule is CN1CCCC(N2CCCNCC2)C1. The van der Waals surface area contributed by atoms with Crippen molar-refractivity contribution in [3.8, 4) is 0 Å². The number of nitrogens with one attached hydrogen (secondary N) is 1. The van der Waals surface area contributed by atoms with Crippen LogP contribution in [-0.2, 0) is 0 Å². The van der Waals surface area contributed by atoms with E-state index in [0.29, 0.717) is 0 Å². The normalized spacial score (nSPS) is 32.8. The van der Waals surface area contributed by atoms with Crippen molar-refractivity contribution in [2.75, 3.05) is 46.3 Å². The molecule has 0 aliphatic carbocycles. The zero-order valence-electron chi connectivity index (χ0n) is 9.34. The largest absolute Gasteiger partial charge is 0.315 e. The Balaban J connectivity index is 1.85. The summed E-state index contributed by atoms with van der Waals surface area (Å²) < 4.78 is 0. The van der Waals surface area contributed by atoms with Gasteiger partial charge in [-0.2, -0.15) is 0 Å². The molecule has 0 bridgehead atoms. The molecule has 0 radical (unpaired) electrons. The topological polar surface area (TPSA) is 18.5 Å². The first-order valence-corrected chi connectivity index (χ1v) is 5.99. The van der Waals surface area contributed by atoms with Gasteiger partial charge in [-0.3, -0.25) is 4.90 Å². The third-order valence-electron chi connectivity index (χ3n) is 3.49. The van der Waals surface area contributed by atoms with Gasteiger partial charge in [0.25, 0.3) is 0 Å². The minimum Gasteiger partial charge on any atom is -0.315 e. The lowest BCUT2D eigenvalue weighted by Crippen LogP contribution is -2.47. The molecule has 0 aromatic carbocycles. The molecule has 82 valence electrons. The van der Waals surface area contributed by atoms with E-state index in [-0.39, 0.29) is 0 Å². The Morgan fingerprint density at radius 3 is 2.86 bits per heavy atom. The van der Waals surface area contributed by atoms with Gasteiger partial charge in [0.15, 0.2) is 0 Å². The highest BCUT2D eigenvalue weighted by atomic mass is 15.2. The third kappa shape index (κ3) is 2.69. The van der Waals surface area contributed by atoms with Gasteiger partial charge in [0.05, 0.1) is 0 Å². The lowest BCUT2D eigenvalue weighted by molar-refractivity contribution is 0.118. The van der Waals surface area contributed by atoms with Crippen molar-refractivity contribution in [2.45, 2.75) is 25.3 Å². The summed E-state index contributed by atoms with van der Waals surface area (Å²) in [5.41, 5.74) is 0. The van der Waals surface area contributed by atoms with Gasteiger partial charge < -0.3 is 10.2 Å². The summed E-state index contributed by atoms with van der Waals surface area (Å²) in [6.07, 6.45) is 4.11. The van der Waals surface area contributed by atoms with Crippen molar-refractivity contribution in [3.63, 3.8) is 0 Å². The molecule has 2 aliphatic heterocycles. The highest BCUT2D eigenvalue weighted by molar-refractivity contribution is 4.81. The molecule has 2 fully saturated rings. The number of nitrogens with zero attached hydrogens (tertiary/aromatic N) is 2. The number of piperidine rings is 1. The lowest BCUT2D eigenvalue weighted by atomic mass is 10.0. The Kier molecular flexibility index (Phi) is 3.79. The number of hydrogen-bond donors (Lipinski definition) is 1. The van der Waals surface area contributed by atoms with Crippen LogP contribution in [0.1, 0.15) is 19.3 Å². The van der Waals surface area contributed by atoms with Gasteiger partial charge in [0, 0.05) is 25.7 Å². The molecule has 3 nitrogen and oxygen atoms in total. The summed E-state index contributed by atoms with van der Waals surface area (Å²) in [5.74, 6) is 0. The van der Waals surface area contributed by atoms with E-state index in [1.165, 1.54) is 58.5 Å². The van der Waals surface area contributed by atoms with Crippen LogP contribution >= 0.6 is 0 Å². The van der Waals surface area contributed by atoms with Gasteiger partial charge in [0.2, 0.25) is 0 Å². The second kappa shape index (κ2) is 5.10. The molecule has 14 heavy (non-hydrogen) atoms. The van der Waals surface area contributed by atoms with Crippen LogP contribution in [0.4, 0.5) is 0 Å². The van der Waals surface area contributed by atoms with E-state index in [4.69, 9.17) is 0 Å². The minimum atomic E-state index is 0.827. The molecule has 2 rings (SSSR count). The van der Waals surface area contributed by atoms with Gasteiger partial charge in [-0.25, -0.2) is 0 Å².